The van der Waals surface area contributed by atoms with Gasteiger partial charge in [-0.3, -0.25) is 9.59 Å². The fraction of sp³-hybridized carbons (Fsp3) is 0.292. The van der Waals surface area contributed by atoms with Crippen LogP contribution >= 0.6 is 0 Å². The quantitative estimate of drug-likeness (QED) is 0.622. The van der Waals surface area contributed by atoms with Crippen molar-refractivity contribution in [1.29, 1.82) is 0 Å². The Labute approximate surface area is 187 Å². The summed E-state index contributed by atoms with van der Waals surface area (Å²) in [4.78, 5) is 26.6. The minimum atomic E-state index is -0.296. The molecule has 0 atom stereocenters. The van der Waals surface area contributed by atoms with Gasteiger partial charge < -0.3 is 20.7 Å². The average molecular weight is 434 g/mol. The summed E-state index contributed by atoms with van der Waals surface area (Å²) in [5, 5.41) is 7.44. The number of hydrogen-bond donors (Lipinski definition) is 2. The molecule has 1 fully saturated rings. The third-order valence-electron chi connectivity index (χ3n) is 5.79. The number of ether oxygens (including phenoxy) is 1. The number of carbonyl (C=O) groups excluding carboxylic acids is 2. The van der Waals surface area contributed by atoms with Crippen molar-refractivity contribution in [2.24, 2.45) is 11.7 Å². The van der Waals surface area contributed by atoms with E-state index in [0.29, 0.717) is 43.1 Å². The Morgan fingerprint density at radius 2 is 1.84 bits per heavy atom. The molecule has 2 amide bonds. The first kappa shape index (κ1) is 21.4. The lowest BCUT2D eigenvalue weighted by Gasteiger charge is -2.33. The van der Waals surface area contributed by atoms with Gasteiger partial charge in [-0.25, -0.2) is 4.68 Å². The van der Waals surface area contributed by atoms with Crippen LogP contribution in [0, 0.1) is 12.8 Å². The molecule has 1 aliphatic rings. The van der Waals surface area contributed by atoms with E-state index in [1.54, 1.807) is 24.1 Å². The molecular weight excluding hydrogens is 406 g/mol. The molecule has 2 aromatic carbocycles. The lowest BCUT2D eigenvalue weighted by molar-refractivity contribution is -0.122. The van der Waals surface area contributed by atoms with E-state index in [2.05, 4.69) is 15.3 Å². The van der Waals surface area contributed by atoms with Crippen LogP contribution in [0.1, 0.15) is 28.9 Å². The first-order valence-corrected chi connectivity index (χ1v) is 10.6. The van der Waals surface area contributed by atoms with E-state index in [9.17, 15) is 9.59 Å². The molecule has 0 saturated carbocycles. The molecule has 1 aromatic heterocycles. The average Bonchev–Trinajstić information content (AvgIpc) is 3.30. The summed E-state index contributed by atoms with van der Waals surface area (Å²) in [6.07, 6.45) is 3.16. The van der Waals surface area contributed by atoms with Crippen molar-refractivity contribution in [3.63, 3.8) is 0 Å². The number of nitrogens with two attached hydrogens (primary N) is 1. The summed E-state index contributed by atoms with van der Waals surface area (Å²) < 4.78 is 7.07. The fourth-order valence-electron chi connectivity index (χ4n) is 4.00. The number of primary amides is 1. The van der Waals surface area contributed by atoms with Crippen LogP contribution in [-0.2, 0) is 4.79 Å². The standard InChI is InChI=1S/C24H27N5O3/c1-16-7-8-22(32-2)21(15-16)29-14-11-19(27-29)24(31)26-18-5-3-4-6-20(18)28-12-9-17(10-13-28)23(25)30/h3-8,11,14-15,17H,9-10,12-13H2,1-2H3,(H2,25,30)(H,26,31). The summed E-state index contributed by atoms with van der Waals surface area (Å²) in [6.45, 7) is 3.41. The van der Waals surface area contributed by atoms with Gasteiger partial charge in [-0.2, -0.15) is 5.10 Å². The van der Waals surface area contributed by atoms with Gasteiger partial charge in [-0.15, -0.1) is 0 Å². The molecule has 0 aliphatic carbocycles. The Morgan fingerprint density at radius 3 is 2.56 bits per heavy atom. The van der Waals surface area contributed by atoms with Gasteiger partial charge in [0.05, 0.1) is 18.5 Å². The summed E-state index contributed by atoms with van der Waals surface area (Å²) in [7, 11) is 1.61. The number of benzene rings is 2. The second-order valence-electron chi connectivity index (χ2n) is 7.96. The van der Waals surface area contributed by atoms with Crippen LogP contribution in [-0.4, -0.2) is 41.8 Å². The predicted molar refractivity (Wildman–Crippen MR) is 123 cm³/mol. The number of rotatable bonds is 6. The van der Waals surface area contributed by atoms with Crippen LogP contribution in [0.2, 0.25) is 0 Å². The fourth-order valence-corrected chi connectivity index (χ4v) is 4.00. The molecule has 32 heavy (non-hydrogen) atoms. The number of para-hydroxylation sites is 2. The van der Waals surface area contributed by atoms with Crippen LogP contribution in [0.4, 0.5) is 11.4 Å². The molecule has 8 nitrogen and oxygen atoms in total. The maximum Gasteiger partial charge on any atom is 0.276 e. The highest BCUT2D eigenvalue weighted by Crippen LogP contribution is 2.30. The van der Waals surface area contributed by atoms with Crippen molar-refractivity contribution in [2.75, 3.05) is 30.4 Å². The largest absolute Gasteiger partial charge is 0.494 e. The minimum Gasteiger partial charge on any atom is -0.494 e. The topological polar surface area (TPSA) is 102 Å². The van der Waals surface area contributed by atoms with Crippen LogP contribution in [0.15, 0.2) is 54.7 Å². The Hall–Kier alpha value is -3.81. The Kier molecular flexibility index (Phi) is 6.11. The third kappa shape index (κ3) is 4.44. The molecule has 0 unspecified atom stereocenters. The predicted octanol–water partition coefficient (Wildman–Crippen LogP) is 3.14. The van der Waals surface area contributed by atoms with Gasteiger partial charge in [-0.05, 0) is 55.7 Å². The molecule has 1 saturated heterocycles. The van der Waals surface area contributed by atoms with E-state index in [1.807, 2.05) is 49.4 Å². The molecule has 2 heterocycles. The van der Waals surface area contributed by atoms with Gasteiger partial charge in [0.1, 0.15) is 11.4 Å². The zero-order valence-corrected chi connectivity index (χ0v) is 18.2. The molecule has 3 aromatic rings. The van der Waals surface area contributed by atoms with E-state index in [-0.39, 0.29) is 17.7 Å². The number of carbonyl (C=O) groups is 2. The number of nitrogens with one attached hydrogen (secondary N) is 1. The van der Waals surface area contributed by atoms with Crippen LogP contribution in [0.25, 0.3) is 5.69 Å². The summed E-state index contributed by atoms with van der Waals surface area (Å²) in [6, 6.07) is 15.1. The summed E-state index contributed by atoms with van der Waals surface area (Å²) >= 11 is 0. The van der Waals surface area contributed by atoms with Crippen LogP contribution in [0.3, 0.4) is 0 Å². The number of hydrogen-bond acceptors (Lipinski definition) is 5. The monoisotopic (exact) mass is 433 g/mol. The summed E-state index contributed by atoms with van der Waals surface area (Å²) in [5.41, 5.74) is 9.21. The van der Waals surface area contributed by atoms with Crippen molar-refractivity contribution in [3.8, 4) is 11.4 Å². The highest BCUT2D eigenvalue weighted by molar-refractivity contribution is 6.04. The van der Waals surface area contributed by atoms with E-state index in [1.165, 1.54) is 0 Å². The van der Waals surface area contributed by atoms with Gasteiger partial charge in [0.2, 0.25) is 5.91 Å². The maximum absolute atomic E-state index is 13.0. The highest BCUT2D eigenvalue weighted by atomic mass is 16.5. The number of anilines is 2. The van der Waals surface area contributed by atoms with Crippen molar-refractivity contribution < 1.29 is 14.3 Å². The number of methoxy groups -OCH3 is 1. The maximum atomic E-state index is 13.0. The van der Waals surface area contributed by atoms with E-state index >= 15 is 0 Å². The molecule has 8 heteroatoms. The first-order chi connectivity index (χ1) is 15.5. The first-order valence-electron chi connectivity index (χ1n) is 10.6. The minimum absolute atomic E-state index is 0.0874. The van der Waals surface area contributed by atoms with E-state index < -0.39 is 0 Å². The zero-order valence-electron chi connectivity index (χ0n) is 18.2. The van der Waals surface area contributed by atoms with E-state index in [4.69, 9.17) is 10.5 Å². The number of amides is 2. The summed E-state index contributed by atoms with van der Waals surface area (Å²) in [5.74, 6) is 0.0489. The number of aryl methyl sites for hydroxylation is 1. The van der Waals surface area contributed by atoms with Crippen molar-refractivity contribution in [1.82, 2.24) is 9.78 Å². The third-order valence-corrected chi connectivity index (χ3v) is 5.79. The molecular formula is C24H27N5O3. The molecule has 1 aliphatic heterocycles. The number of nitrogens with zero attached hydrogens (tertiary/aromatic N) is 3. The molecule has 0 spiro atoms. The molecule has 166 valence electrons. The van der Waals surface area contributed by atoms with Gasteiger partial charge in [-0.1, -0.05) is 18.2 Å². The highest BCUT2D eigenvalue weighted by Gasteiger charge is 2.25. The molecule has 0 radical (unpaired) electrons. The Morgan fingerprint density at radius 1 is 1.09 bits per heavy atom. The Balaban J connectivity index is 1.52. The Bertz CT molecular complexity index is 1130. The van der Waals surface area contributed by atoms with Crippen LogP contribution in [0.5, 0.6) is 5.75 Å². The second-order valence-corrected chi connectivity index (χ2v) is 7.96. The number of aromatic nitrogens is 2. The normalized spacial score (nSPS) is 14.2. The molecule has 3 N–H and O–H groups in total. The van der Waals surface area contributed by atoms with Crippen molar-refractivity contribution in [2.45, 2.75) is 19.8 Å². The molecule has 0 bridgehead atoms. The number of piperidine rings is 1. The zero-order chi connectivity index (χ0) is 22.7. The van der Waals surface area contributed by atoms with Gasteiger partial charge in [0.25, 0.3) is 5.91 Å². The van der Waals surface area contributed by atoms with E-state index in [0.717, 1.165) is 16.9 Å². The smallest absolute Gasteiger partial charge is 0.276 e. The van der Waals surface area contributed by atoms with Gasteiger partial charge >= 0.3 is 0 Å². The lowest BCUT2D eigenvalue weighted by Crippen LogP contribution is -2.38. The van der Waals surface area contributed by atoms with Gasteiger partial charge in [0.15, 0.2) is 5.69 Å². The van der Waals surface area contributed by atoms with Crippen LogP contribution < -0.4 is 20.7 Å². The van der Waals surface area contributed by atoms with Gasteiger partial charge in [0, 0.05) is 25.2 Å². The van der Waals surface area contributed by atoms with Crippen molar-refractivity contribution in [3.05, 3.63) is 66.0 Å². The van der Waals surface area contributed by atoms with Crippen molar-refractivity contribution >= 4 is 23.2 Å². The molecule has 4 rings (SSSR count). The lowest BCUT2D eigenvalue weighted by atomic mass is 9.96. The second kappa shape index (κ2) is 9.13. The SMILES string of the molecule is COc1ccc(C)cc1-n1ccc(C(=O)Nc2ccccc2N2CCC(C(N)=O)CC2)n1.